The zero-order valence-electron chi connectivity index (χ0n) is 16.0. The van der Waals surface area contributed by atoms with Crippen molar-refractivity contribution in [1.82, 2.24) is 15.0 Å². The fourth-order valence-electron chi connectivity index (χ4n) is 3.58. The van der Waals surface area contributed by atoms with Gasteiger partial charge in [-0.05, 0) is 19.8 Å². The van der Waals surface area contributed by atoms with Crippen molar-refractivity contribution in [1.29, 1.82) is 0 Å². The summed E-state index contributed by atoms with van der Waals surface area (Å²) in [6.45, 7) is 15.1. The second-order valence-corrected chi connectivity index (χ2v) is 7.99. The molecule has 2 aliphatic rings. The summed E-state index contributed by atoms with van der Waals surface area (Å²) in [7, 11) is 0. The van der Waals surface area contributed by atoms with Crippen LogP contribution in [-0.2, 0) is 21.4 Å². The Hall–Kier alpha value is -0.950. The van der Waals surface area contributed by atoms with Crippen LogP contribution in [0.4, 0.5) is 0 Å². The van der Waals surface area contributed by atoms with Crippen molar-refractivity contribution in [3.8, 4) is 0 Å². The van der Waals surface area contributed by atoms with Crippen molar-refractivity contribution in [3.63, 3.8) is 0 Å². The molecule has 0 saturated carbocycles. The number of morpholine rings is 2. The zero-order chi connectivity index (χ0) is 17.7. The Kier molecular flexibility index (Phi) is 6.49. The maximum Gasteiger partial charge on any atom is 0.150 e. The molecule has 0 spiro atoms. The van der Waals surface area contributed by atoms with Crippen molar-refractivity contribution < 1.29 is 14.0 Å². The zero-order valence-corrected chi connectivity index (χ0v) is 16.0. The third-order valence-corrected chi connectivity index (χ3v) is 5.59. The predicted molar refractivity (Wildman–Crippen MR) is 96.7 cm³/mol. The molecule has 6 heteroatoms. The first-order valence-electron chi connectivity index (χ1n) is 9.62. The van der Waals surface area contributed by atoms with E-state index < -0.39 is 0 Å². The van der Waals surface area contributed by atoms with E-state index in [1.165, 1.54) is 6.42 Å². The van der Waals surface area contributed by atoms with Crippen LogP contribution in [0.1, 0.15) is 45.1 Å². The summed E-state index contributed by atoms with van der Waals surface area (Å²) in [4.78, 5) is 4.90. The van der Waals surface area contributed by atoms with Gasteiger partial charge in [0.25, 0.3) is 0 Å². The van der Waals surface area contributed by atoms with Gasteiger partial charge < -0.3 is 14.0 Å². The highest BCUT2D eigenvalue weighted by Gasteiger charge is 2.27. The van der Waals surface area contributed by atoms with E-state index in [1.807, 2.05) is 0 Å². The molecule has 0 aliphatic carbocycles. The second kappa shape index (κ2) is 8.62. The second-order valence-electron chi connectivity index (χ2n) is 7.99. The first kappa shape index (κ1) is 18.8. The van der Waals surface area contributed by atoms with Crippen LogP contribution in [0.3, 0.4) is 0 Å². The number of rotatable bonds is 7. The van der Waals surface area contributed by atoms with E-state index in [1.54, 1.807) is 0 Å². The molecule has 2 aliphatic heterocycles. The van der Waals surface area contributed by atoms with Crippen molar-refractivity contribution in [3.05, 3.63) is 17.5 Å². The summed E-state index contributed by atoms with van der Waals surface area (Å²) in [6.07, 6.45) is 2.27. The first-order valence-corrected chi connectivity index (χ1v) is 9.62. The lowest BCUT2D eigenvalue weighted by Crippen LogP contribution is -2.42. The minimum absolute atomic E-state index is 0.0350. The van der Waals surface area contributed by atoms with Crippen molar-refractivity contribution in [2.75, 3.05) is 52.6 Å². The van der Waals surface area contributed by atoms with Gasteiger partial charge in [0, 0.05) is 43.7 Å². The molecule has 0 N–H and O–H groups in total. The molecule has 1 aromatic heterocycles. The van der Waals surface area contributed by atoms with E-state index in [0.29, 0.717) is 6.04 Å². The van der Waals surface area contributed by atoms with E-state index in [-0.39, 0.29) is 5.41 Å². The van der Waals surface area contributed by atoms with E-state index >= 15 is 0 Å². The largest absolute Gasteiger partial charge is 0.379 e. The van der Waals surface area contributed by atoms with Crippen LogP contribution in [0.25, 0.3) is 0 Å². The van der Waals surface area contributed by atoms with E-state index in [0.717, 1.165) is 77.0 Å². The van der Waals surface area contributed by atoms with Gasteiger partial charge in [0.1, 0.15) is 0 Å². The van der Waals surface area contributed by atoms with Gasteiger partial charge >= 0.3 is 0 Å². The van der Waals surface area contributed by atoms with Crippen molar-refractivity contribution in [2.24, 2.45) is 0 Å². The average Bonchev–Trinajstić information content (AvgIpc) is 3.11. The molecule has 2 saturated heterocycles. The number of nitrogens with zero attached hydrogens (tertiary/aromatic N) is 3. The average molecular weight is 351 g/mol. The van der Waals surface area contributed by atoms with E-state index in [2.05, 4.69) is 41.8 Å². The third kappa shape index (κ3) is 5.26. The summed E-state index contributed by atoms with van der Waals surface area (Å²) < 4.78 is 16.5. The Bertz CT molecular complexity index is 520. The summed E-state index contributed by atoms with van der Waals surface area (Å²) in [5, 5.41) is 4.38. The van der Waals surface area contributed by atoms with Gasteiger partial charge in [0.15, 0.2) is 5.76 Å². The van der Waals surface area contributed by atoms with Gasteiger partial charge in [0.05, 0.1) is 38.7 Å². The standard InChI is InChI=1S/C19H33N3O3/c1-16(22-8-12-24-13-9-22)4-5-19(2,3)18-14-17(25-20-18)15-21-6-10-23-11-7-21/h14,16H,4-13,15H2,1-3H3. The summed E-state index contributed by atoms with van der Waals surface area (Å²) in [6, 6.07) is 2.73. The predicted octanol–water partition coefficient (Wildman–Crippen LogP) is 2.29. The molecule has 1 unspecified atom stereocenters. The van der Waals surface area contributed by atoms with E-state index in [4.69, 9.17) is 14.0 Å². The summed E-state index contributed by atoms with van der Waals surface area (Å²) in [5.41, 5.74) is 1.11. The van der Waals surface area contributed by atoms with E-state index in [9.17, 15) is 0 Å². The Morgan fingerprint density at radius 2 is 1.72 bits per heavy atom. The van der Waals surface area contributed by atoms with Crippen LogP contribution in [0.2, 0.25) is 0 Å². The minimum Gasteiger partial charge on any atom is -0.379 e. The van der Waals surface area contributed by atoms with Crippen LogP contribution in [-0.4, -0.2) is 73.6 Å². The third-order valence-electron chi connectivity index (χ3n) is 5.59. The monoisotopic (exact) mass is 351 g/mol. The fourth-order valence-corrected chi connectivity index (χ4v) is 3.58. The molecule has 0 bridgehead atoms. The van der Waals surface area contributed by atoms with Crippen LogP contribution >= 0.6 is 0 Å². The highest BCUT2D eigenvalue weighted by atomic mass is 16.5. The SMILES string of the molecule is CC(CCC(C)(C)c1cc(CN2CCOCC2)on1)N1CCOCC1. The lowest BCUT2D eigenvalue weighted by atomic mass is 9.83. The molecule has 3 rings (SSSR count). The molecule has 0 aromatic carbocycles. The van der Waals surface area contributed by atoms with Crippen LogP contribution in [0.5, 0.6) is 0 Å². The van der Waals surface area contributed by atoms with Crippen molar-refractivity contribution in [2.45, 2.75) is 51.6 Å². The van der Waals surface area contributed by atoms with Crippen LogP contribution < -0.4 is 0 Å². The number of hydrogen-bond donors (Lipinski definition) is 0. The maximum atomic E-state index is 5.62. The maximum absolute atomic E-state index is 5.62. The number of ether oxygens (including phenoxy) is 2. The minimum atomic E-state index is 0.0350. The Morgan fingerprint density at radius 3 is 2.40 bits per heavy atom. The molecule has 1 aromatic rings. The van der Waals surface area contributed by atoms with Crippen LogP contribution in [0, 0.1) is 0 Å². The Morgan fingerprint density at radius 1 is 1.08 bits per heavy atom. The Labute approximate surface area is 151 Å². The molecule has 3 heterocycles. The van der Waals surface area contributed by atoms with Crippen LogP contribution in [0.15, 0.2) is 10.6 Å². The molecule has 142 valence electrons. The smallest absolute Gasteiger partial charge is 0.150 e. The van der Waals surface area contributed by atoms with Gasteiger partial charge in [-0.15, -0.1) is 0 Å². The van der Waals surface area contributed by atoms with Crippen molar-refractivity contribution >= 4 is 0 Å². The summed E-state index contributed by atoms with van der Waals surface area (Å²) in [5.74, 6) is 0.964. The molecule has 25 heavy (non-hydrogen) atoms. The topological polar surface area (TPSA) is 51.0 Å². The van der Waals surface area contributed by atoms with Gasteiger partial charge in [-0.3, -0.25) is 9.80 Å². The summed E-state index contributed by atoms with van der Waals surface area (Å²) >= 11 is 0. The fraction of sp³-hybridized carbons (Fsp3) is 0.842. The highest BCUT2D eigenvalue weighted by Crippen LogP contribution is 2.30. The normalized spacial score (nSPS) is 22.2. The molecular formula is C19H33N3O3. The van der Waals surface area contributed by atoms with Gasteiger partial charge in [-0.2, -0.15) is 0 Å². The molecule has 0 amide bonds. The quantitative estimate of drug-likeness (QED) is 0.751. The molecule has 0 radical (unpaired) electrons. The van der Waals surface area contributed by atoms with Gasteiger partial charge in [-0.1, -0.05) is 19.0 Å². The Balaban J connectivity index is 1.50. The van der Waals surface area contributed by atoms with Gasteiger partial charge in [-0.25, -0.2) is 0 Å². The number of hydrogen-bond acceptors (Lipinski definition) is 6. The molecule has 2 fully saturated rings. The molecular weight excluding hydrogens is 318 g/mol. The molecule has 1 atom stereocenters. The first-order chi connectivity index (χ1) is 12.0. The highest BCUT2D eigenvalue weighted by molar-refractivity contribution is 5.15. The lowest BCUT2D eigenvalue weighted by Gasteiger charge is -2.34. The number of aromatic nitrogens is 1. The molecule has 6 nitrogen and oxygen atoms in total. The lowest BCUT2D eigenvalue weighted by molar-refractivity contribution is 0.0172. The van der Waals surface area contributed by atoms with Gasteiger partial charge in [0.2, 0.25) is 0 Å².